The smallest absolute Gasteiger partial charge is 0.339 e. The minimum atomic E-state index is -1.04. The lowest BCUT2D eigenvalue weighted by Gasteiger charge is -2.09. The van der Waals surface area contributed by atoms with Gasteiger partial charge < -0.3 is 19.7 Å². The number of hydrogen-bond acceptors (Lipinski definition) is 4. The molecule has 0 unspecified atom stereocenters. The first-order valence-electron chi connectivity index (χ1n) is 5.92. The van der Waals surface area contributed by atoms with Gasteiger partial charge in [0.25, 0.3) is 0 Å². The van der Waals surface area contributed by atoms with Crippen LogP contribution in [0.4, 0.5) is 0 Å². The summed E-state index contributed by atoms with van der Waals surface area (Å²) in [7, 11) is 1.42. The number of carboxylic acids is 1. The predicted molar refractivity (Wildman–Crippen MR) is 72.4 cm³/mol. The third-order valence-electron chi connectivity index (χ3n) is 2.72. The summed E-state index contributed by atoms with van der Waals surface area (Å²) >= 11 is 0. The molecule has 5 nitrogen and oxygen atoms in total. The molecular weight excluding hydrogens is 260 g/mol. The molecule has 0 heterocycles. The Morgan fingerprint density at radius 3 is 2.65 bits per heavy atom. The maximum absolute atomic E-state index is 11.0. The summed E-state index contributed by atoms with van der Waals surface area (Å²) in [5.74, 6) is -0.0932. The minimum absolute atomic E-state index is 0.105. The van der Waals surface area contributed by atoms with Gasteiger partial charge in [-0.25, -0.2) is 4.79 Å². The van der Waals surface area contributed by atoms with Crippen LogP contribution in [0.3, 0.4) is 0 Å². The van der Waals surface area contributed by atoms with Crippen LogP contribution in [-0.2, 0) is 6.61 Å². The zero-order chi connectivity index (χ0) is 14.5. The molecule has 5 heteroatoms. The van der Waals surface area contributed by atoms with Crippen LogP contribution in [0.25, 0.3) is 0 Å². The Morgan fingerprint density at radius 2 is 2.00 bits per heavy atom. The number of ether oxygens (including phenoxy) is 2. The average molecular weight is 274 g/mol. The molecule has 104 valence electrons. The molecule has 2 aromatic carbocycles. The number of aromatic carboxylic acids is 1. The van der Waals surface area contributed by atoms with Crippen molar-refractivity contribution in [2.75, 3.05) is 7.11 Å². The van der Waals surface area contributed by atoms with Gasteiger partial charge in [0.05, 0.1) is 7.11 Å². The molecule has 0 amide bonds. The summed E-state index contributed by atoms with van der Waals surface area (Å²) in [6.07, 6.45) is 0. The van der Waals surface area contributed by atoms with E-state index in [0.29, 0.717) is 5.75 Å². The van der Waals surface area contributed by atoms with Gasteiger partial charge in [0.15, 0.2) is 0 Å². The van der Waals surface area contributed by atoms with Crippen molar-refractivity contribution in [3.8, 4) is 17.2 Å². The van der Waals surface area contributed by atoms with Crippen LogP contribution in [0, 0.1) is 0 Å². The lowest BCUT2D eigenvalue weighted by atomic mass is 10.1. The van der Waals surface area contributed by atoms with Gasteiger partial charge in [0.1, 0.15) is 29.4 Å². The van der Waals surface area contributed by atoms with E-state index in [1.165, 1.54) is 19.2 Å². The van der Waals surface area contributed by atoms with E-state index in [9.17, 15) is 9.90 Å². The first-order chi connectivity index (χ1) is 9.60. The van der Waals surface area contributed by atoms with Crippen LogP contribution < -0.4 is 9.47 Å². The molecule has 0 bridgehead atoms. The van der Waals surface area contributed by atoms with Crippen LogP contribution in [-0.4, -0.2) is 23.3 Å². The van der Waals surface area contributed by atoms with Gasteiger partial charge in [-0.2, -0.15) is 0 Å². The summed E-state index contributed by atoms with van der Waals surface area (Å²) in [4.78, 5) is 11.0. The van der Waals surface area contributed by atoms with E-state index in [1.807, 2.05) is 0 Å². The molecule has 0 spiro atoms. The molecule has 0 aliphatic rings. The van der Waals surface area contributed by atoms with Crippen LogP contribution in [0.5, 0.6) is 17.2 Å². The Bertz CT molecular complexity index is 621. The van der Waals surface area contributed by atoms with E-state index in [2.05, 4.69) is 0 Å². The third kappa shape index (κ3) is 3.20. The Morgan fingerprint density at radius 1 is 1.20 bits per heavy atom. The Hall–Kier alpha value is -2.69. The van der Waals surface area contributed by atoms with E-state index in [-0.39, 0.29) is 23.7 Å². The Balaban J connectivity index is 2.12. The fourth-order valence-electron chi connectivity index (χ4n) is 1.74. The maximum atomic E-state index is 11.0. The van der Waals surface area contributed by atoms with E-state index < -0.39 is 5.97 Å². The average Bonchev–Trinajstić information content (AvgIpc) is 2.44. The van der Waals surface area contributed by atoms with Crippen molar-refractivity contribution in [2.24, 2.45) is 0 Å². The number of hydrogen-bond donors (Lipinski definition) is 2. The van der Waals surface area contributed by atoms with Crippen molar-refractivity contribution in [3.05, 3.63) is 53.6 Å². The summed E-state index contributed by atoms with van der Waals surface area (Å²) in [6, 6.07) is 11.2. The highest BCUT2D eigenvalue weighted by molar-refractivity contribution is 5.90. The quantitative estimate of drug-likeness (QED) is 0.876. The summed E-state index contributed by atoms with van der Waals surface area (Å²) in [5, 5.41) is 18.3. The van der Waals surface area contributed by atoms with E-state index in [4.69, 9.17) is 14.6 Å². The first kappa shape index (κ1) is 13.7. The molecule has 0 saturated heterocycles. The number of benzene rings is 2. The molecule has 0 aliphatic heterocycles. The number of phenolic OH excluding ortho intramolecular Hbond substituents is 1. The normalized spacial score (nSPS) is 10.1. The molecule has 0 atom stereocenters. The monoisotopic (exact) mass is 274 g/mol. The first-order valence-corrected chi connectivity index (χ1v) is 5.92. The highest BCUT2D eigenvalue weighted by Gasteiger charge is 2.11. The highest BCUT2D eigenvalue weighted by atomic mass is 16.5. The molecule has 2 rings (SSSR count). The second kappa shape index (κ2) is 5.97. The van der Waals surface area contributed by atoms with Gasteiger partial charge in [-0.1, -0.05) is 12.1 Å². The van der Waals surface area contributed by atoms with Crippen LogP contribution in [0.2, 0.25) is 0 Å². The van der Waals surface area contributed by atoms with Gasteiger partial charge in [-0.05, 0) is 29.8 Å². The van der Waals surface area contributed by atoms with E-state index >= 15 is 0 Å². The van der Waals surface area contributed by atoms with Gasteiger partial charge in [0, 0.05) is 6.07 Å². The summed E-state index contributed by atoms with van der Waals surface area (Å²) < 4.78 is 10.6. The van der Waals surface area contributed by atoms with Crippen LogP contribution in [0.15, 0.2) is 42.5 Å². The van der Waals surface area contributed by atoms with E-state index in [1.54, 1.807) is 30.3 Å². The molecule has 0 aliphatic carbocycles. The summed E-state index contributed by atoms with van der Waals surface area (Å²) in [6.45, 7) is 0.250. The van der Waals surface area contributed by atoms with Gasteiger partial charge in [0.2, 0.25) is 0 Å². The third-order valence-corrected chi connectivity index (χ3v) is 2.72. The van der Waals surface area contributed by atoms with Crippen molar-refractivity contribution < 1.29 is 24.5 Å². The van der Waals surface area contributed by atoms with Gasteiger partial charge in [-0.3, -0.25) is 0 Å². The second-order valence-electron chi connectivity index (χ2n) is 4.13. The van der Waals surface area contributed by atoms with E-state index in [0.717, 1.165) is 5.56 Å². The number of carbonyl (C=O) groups is 1. The number of carboxylic acid groups (broad SMARTS) is 1. The molecule has 0 fully saturated rings. The number of methoxy groups -OCH3 is 1. The van der Waals surface area contributed by atoms with Gasteiger partial charge in [-0.15, -0.1) is 0 Å². The number of rotatable bonds is 5. The molecule has 0 saturated carbocycles. The number of aromatic hydroxyl groups is 1. The fraction of sp³-hybridized carbons (Fsp3) is 0.133. The van der Waals surface area contributed by atoms with Crippen molar-refractivity contribution in [1.82, 2.24) is 0 Å². The minimum Gasteiger partial charge on any atom is -0.508 e. The molecule has 2 N–H and O–H groups in total. The second-order valence-corrected chi connectivity index (χ2v) is 4.13. The topological polar surface area (TPSA) is 76.0 Å². The van der Waals surface area contributed by atoms with Gasteiger partial charge >= 0.3 is 5.97 Å². The SMILES string of the molecule is COc1cc(COc2cccc(O)c2)ccc1C(=O)O. The Kier molecular flexibility index (Phi) is 4.10. The largest absolute Gasteiger partial charge is 0.508 e. The highest BCUT2D eigenvalue weighted by Crippen LogP contribution is 2.22. The number of phenols is 1. The van der Waals surface area contributed by atoms with Crippen LogP contribution >= 0.6 is 0 Å². The molecule has 0 aromatic heterocycles. The van der Waals surface area contributed by atoms with Crippen molar-refractivity contribution in [1.29, 1.82) is 0 Å². The van der Waals surface area contributed by atoms with Crippen molar-refractivity contribution in [3.63, 3.8) is 0 Å². The fourth-order valence-corrected chi connectivity index (χ4v) is 1.74. The summed E-state index contributed by atoms with van der Waals surface area (Å²) in [5.41, 5.74) is 0.879. The zero-order valence-corrected chi connectivity index (χ0v) is 10.9. The standard InChI is InChI=1S/C15H14O5/c1-19-14-7-10(5-6-13(14)15(17)18)9-20-12-4-2-3-11(16)8-12/h2-8,16H,9H2,1H3,(H,17,18). The lowest BCUT2D eigenvalue weighted by Crippen LogP contribution is -2.02. The molecular formula is C15H14O5. The Labute approximate surface area is 116 Å². The van der Waals surface area contributed by atoms with Crippen molar-refractivity contribution in [2.45, 2.75) is 6.61 Å². The van der Waals surface area contributed by atoms with Crippen LogP contribution in [0.1, 0.15) is 15.9 Å². The van der Waals surface area contributed by atoms with Crippen molar-refractivity contribution >= 4 is 5.97 Å². The zero-order valence-electron chi connectivity index (χ0n) is 10.9. The maximum Gasteiger partial charge on any atom is 0.339 e. The molecule has 0 radical (unpaired) electrons. The molecule has 2 aromatic rings. The predicted octanol–water partition coefficient (Wildman–Crippen LogP) is 2.68. The lowest BCUT2D eigenvalue weighted by molar-refractivity contribution is 0.0693. The molecule has 20 heavy (non-hydrogen) atoms.